The van der Waals surface area contributed by atoms with E-state index in [2.05, 4.69) is 16.0 Å². The molecule has 0 aliphatic carbocycles. The molecule has 0 spiro atoms. The third-order valence-corrected chi connectivity index (χ3v) is 3.22. The van der Waals surface area contributed by atoms with Crippen molar-refractivity contribution in [3.8, 4) is 0 Å². The Morgan fingerprint density at radius 1 is 0.864 bits per heavy atom. The summed E-state index contributed by atoms with van der Waals surface area (Å²) < 4.78 is 0. The highest BCUT2D eigenvalue weighted by atomic mass is 16.1. The summed E-state index contributed by atoms with van der Waals surface area (Å²) >= 11 is 0. The zero-order chi connectivity index (χ0) is 16.0. The minimum absolute atomic E-state index is 0.0856. The smallest absolute Gasteiger partial charge is 0.251 e. The maximum atomic E-state index is 11.9. The first kappa shape index (κ1) is 17.7. The number of hydrogen-bond acceptors (Lipinski definition) is 3. The average Bonchev–Trinajstić information content (AvgIpc) is 2.55. The molecule has 1 aromatic rings. The minimum atomic E-state index is -0.0856. The first-order valence-electron chi connectivity index (χ1n) is 7.49. The summed E-state index contributed by atoms with van der Waals surface area (Å²) in [6.45, 7) is 1.82. The molecule has 0 aromatic heterocycles. The number of carbonyl (C=O) groups excluding carboxylic acids is 3. The van der Waals surface area contributed by atoms with E-state index in [4.69, 9.17) is 0 Å². The van der Waals surface area contributed by atoms with Crippen LogP contribution >= 0.6 is 0 Å². The number of amides is 3. The van der Waals surface area contributed by atoms with E-state index in [0.29, 0.717) is 38.0 Å². The molecule has 3 N–H and O–H groups in total. The second-order valence-corrected chi connectivity index (χ2v) is 4.94. The Labute approximate surface area is 130 Å². The lowest BCUT2D eigenvalue weighted by Gasteiger charge is -2.06. The summed E-state index contributed by atoms with van der Waals surface area (Å²) in [6, 6.07) is 7.15. The predicted octanol–water partition coefficient (Wildman–Crippen LogP) is 0.969. The van der Waals surface area contributed by atoms with Crippen LogP contribution in [0, 0.1) is 0 Å². The molecule has 0 saturated carbocycles. The van der Waals surface area contributed by atoms with Gasteiger partial charge in [0.05, 0.1) is 0 Å². The quantitative estimate of drug-likeness (QED) is 0.397. The molecule has 0 bridgehead atoms. The molecular formula is C16H23N3O3. The Hall–Kier alpha value is -2.37. The largest absolute Gasteiger partial charge is 0.359 e. The SMILES string of the molecule is O=CNCCCCCCNC(=O)c1ccc(CNC=O)cc1. The van der Waals surface area contributed by atoms with Crippen molar-refractivity contribution in [2.24, 2.45) is 0 Å². The van der Waals surface area contributed by atoms with Crippen LogP contribution in [0.5, 0.6) is 0 Å². The Kier molecular flexibility index (Phi) is 9.09. The second-order valence-electron chi connectivity index (χ2n) is 4.94. The molecule has 6 heteroatoms. The Morgan fingerprint density at radius 2 is 1.50 bits per heavy atom. The Balaban J connectivity index is 2.16. The Morgan fingerprint density at radius 3 is 2.14 bits per heavy atom. The number of unbranched alkanes of at least 4 members (excludes halogenated alkanes) is 3. The van der Waals surface area contributed by atoms with E-state index >= 15 is 0 Å². The van der Waals surface area contributed by atoms with Crippen molar-refractivity contribution < 1.29 is 14.4 Å². The molecule has 0 aliphatic heterocycles. The van der Waals surface area contributed by atoms with E-state index < -0.39 is 0 Å². The third-order valence-electron chi connectivity index (χ3n) is 3.22. The molecule has 120 valence electrons. The lowest BCUT2D eigenvalue weighted by molar-refractivity contribution is -0.110. The topological polar surface area (TPSA) is 87.3 Å². The number of hydrogen-bond donors (Lipinski definition) is 3. The van der Waals surface area contributed by atoms with Crippen LogP contribution in [-0.4, -0.2) is 31.8 Å². The van der Waals surface area contributed by atoms with Crippen molar-refractivity contribution in [2.75, 3.05) is 13.1 Å². The molecule has 0 atom stereocenters. The molecule has 0 aliphatic rings. The van der Waals surface area contributed by atoms with Gasteiger partial charge in [0.15, 0.2) is 0 Å². The molecule has 0 unspecified atom stereocenters. The van der Waals surface area contributed by atoms with Crippen LogP contribution in [0.2, 0.25) is 0 Å². The van der Waals surface area contributed by atoms with Gasteiger partial charge >= 0.3 is 0 Å². The molecule has 0 radical (unpaired) electrons. The van der Waals surface area contributed by atoms with Crippen LogP contribution in [0.25, 0.3) is 0 Å². The molecular weight excluding hydrogens is 282 g/mol. The lowest BCUT2D eigenvalue weighted by Crippen LogP contribution is -2.24. The van der Waals surface area contributed by atoms with Crippen molar-refractivity contribution in [1.29, 1.82) is 0 Å². The fraction of sp³-hybridized carbons (Fsp3) is 0.438. The Bertz CT molecular complexity index is 460. The maximum Gasteiger partial charge on any atom is 0.251 e. The first-order chi connectivity index (χ1) is 10.8. The third kappa shape index (κ3) is 7.42. The van der Waals surface area contributed by atoms with Gasteiger partial charge in [-0.2, -0.15) is 0 Å². The van der Waals surface area contributed by atoms with Gasteiger partial charge in [0, 0.05) is 25.2 Å². The summed E-state index contributed by atoms with van der Waals surface area (Å²) in [6.07, 6.45) is 5.31. The maximum absolute atomic E-state index is 11.9. The highest BCUT2D eigenvalue weighted by Gasteiger charge is 2.04. The molecule has 0 heterocycles. The van der Waals surface area contributed by atoms with Crippen LogP contribution < -0.4 is 16.0 Å². The summed E-state index contributed by atoms with van der Waals surface area (Å²) in [7, 11) is 0. The molecule has 3 amide bonds. The van der Waals surface area contributed by atoms with Crippen molar-refractivity contribution >= 4 is 18.7 Å². The van der Waals surface area contributed by atoms with E-state index in [9.17, 15) is 14.4 Å². The van der Waals surface area contributed by atoms with Gasteiger partial charge < -0.3 is 16.0 Å². The van der Waals surface area contributed by atoms with Crippen molar-refractivity contribution in [1.82, 2.24) is 16.0 Å². The summed E-state index contributed by atoms with van der Waals surface area (Å²) in [5.74, 6) is -0.0856. The van der Waals surface area contributed by atoms with Gasteiger partial charge in [-0.3, -0.25) is 14.4 Å². The number of benzene rings is 1. The fourth-order valence-corrected chi connectivity index (χ4v) is 2.00. The number of carbonyl (C=O) groups is 3. The number of nitrogens with one attached hydrogen (secondary N) is 3. The number of rotatable bonds is 12. The van der Waals surface area contributed by atoms with E-state index in [1.165, 1.54) is 0 Å². The molecule has 6 nitrogen and oxygen atoms in total. The molecule has 1 aromatic carbocycles. The normalized spacial score (nSPS) is 9.82. The van der Waals surface area contributed by atoms with Gasteiger partial charge in [0.2, 0.25) is 12.8 Å². The zero-order valence-corrected chi connectivity index (χ0v) is 12.6. The van der Waals surface area contributed by atoms with Gasteiger partial charge in [0.1, 0.15) is 0 Å². The van der Waals surface area contributed by atoms with Gasteiger partial charge in [0.25, 0.3) is 5.91 Å². The van der Waals surface area contributed by atoms with Crippen LogP contribution in [0.3, 0.4) is 0 Å². The average molecular weight is 305 g/mol. The van der Waals surface area contributed by atoms with Gasteiger partial charge in [-0.05, 0) is 30.5 Å². The minimum Gasteiger partial charge on any atom is -0.359 e. The van der Waals surface area contributed by atoms with Crippen LogP contribution in [0.15, 0.2) is 24.3 Å². The van der Waals surface area contributed by atoms with Crippen LogP contribution in [0.1, 0.15) is 41.6 Å². The molecule has 1 rings (SSSR count). The van der Waals surface area contributed by atoms with E-state index in [1.54, 1.807) is 12.1 Å². The summed E-state index contributed by atoms with van der Waals surface area (Å²) in [5.41, 5.74) is 1.57. The van der Waals surface area contributed by atoms with Crippen LogP contribution in [0.4, 0.5) is 0 Å². The van der Waals surface area contributed by atoms with E-state index in [1.807, 2.05) is 12.1 Å². The standard InChI is InChI=1S/C16H23N3O3/c20-12-17-9-3-1-2-4-10-19-16(22)15-7-5-14(6-8-15)11-18-13-21/h5-8,12-13H,1-4,9-11H2,(H,17,20)(H,18,21)(H,19,22). The molecule has 0 saturated heterocycles. The first-order valence-corrected chi connectivity index (χ1v) is 7.49. The van der Waals surface area contributed by atoms with Crippen molar-refractivity contribution in [3.63, 3.8) is 0 Å². The monoisotopic (exact) mass is 305 g/mol. The fourth-order valence-electron chi connectivity index (χ4n) is 2.00. The lowest BCUT2D eigenvalue weighted by atomic mass is 10.1. The van der Waals surface area contributed by atoms with Gasteiger partial charge in [-0.15, -0.1) is 0 Å². The predicted molar refractivity (Wildman–Crippen MR) is 84.2 cm³/mol. The van der Waals surface area contributed by atoms with E-state index in [0.717, 1.165) is 31.2 Å². The highest BCUT2D eigenvalue weighted by molar-refractivity contribution is 5.94. The summed E-state index contributed by atoms with van der Waals surface area (Å²) in [5, 5.41) is 8.08. The zero-order valence-electron chi connectivity index (χ0n) is 12.6. The van der Waals surface area contributed by atoms with E-state index in [-0.39, 0.29) is 5.91 Å². The van der Waals surface area contributed by atoms with Gasteiger partial charge in [-0.1, -0.05) is 25.0 Å². The molecule has 22 heavy (non-hydrogen) atoms. The van der Waals surface area contributed by atoms with Crippen molar-refractivity contribution in [3.05, 3.63) is 35.4 Å². The highest BCUT2D eigenvalue weighted by Crippen LogP contribution is 2.04. The van der Waals surface area contributed by atoms with Crippen LogP contribution in [-0.2, 0) is 16.1 Å². The second kappa shape index (κ2) is 11.3. The molecule has 0 fully saturated rings. The van der Waals surface area contributed by atoms with Gasteiger partial charge in [-0.25, -0.2) is 0 Å². The van der Waals surface area contributed by atoms with Crippen molar-refractivity contribution in [2.45, 2.75) is 32.2 Å². The summed E-state index contributed by atoms with van der Waals surface area (Å²) in [4.78, 5) is 32.2.